The Balaban J connectivity index is 1.89. The van der Waals surface area contributed by atoms with Gasteiger partial charge in [0.25, 0.3) is 0 Å². The van der Waals surface area contributed by atoms with Crippen LogP contribution in [0.2, 0.25) is 0 Å². The van der Waals surface area contributed by atoms with Gasteiger partial charge in [0, 0.05) is 0 Å². The zero-order valence-corrected chi connectivity index (χ0v) is 10.6. The molecule has 3 aliphatic rings. The molecule has 6 heteroatoms. The molecule has 2 unspecified atom stereocenters. The van der Waals surface area contributed by atoms with Gasteiger partial charge in [-0.3, -0.25) is 9.63 Å². The first-order valence-electron chi connectivity index (χ1n) is 6.48. The molecule has 2 atom stereocenters. The van der Waals surface area contributed by atoms with Gasteiger partial charge in [-0.1, -0.05) is 12.2 Å². The molecule has 3 amide bonds. The molecule has 2 aliphatic heterocycles. The Kier molecular flexibility index (Phi) is 2.82. The molecule has 0 spiro atoms. The lowest BCUT2D eigenvalue weighted by molar-refractivity contribution is -0.121. The van der Waals surface area contributed by atoms with E-state index < -0.39 is 11.9 Å². The molecule has 102 valence electrons. The van der Waals surface area contributed by atoms with Crippen LogP contribution in [0.5, 0.6) is 0 Å². The first-order valence-corrected chi connectivity index (χ1v) is 6.48. The van der Waals surface area contributed by atoms with Crippen molar-refractivity contribution >= 4 is 11.9 Å². The van der Waals surface area contributed by atoms with Crippen molar-refractivity contribution in [3.05, 3.63) is 24.3 Å². The number of urea groups is 1. The summed E-state index contributed by atoms with van der Waals surface area (Å²) < 4.78 is 0. The summed E-state index contributed by atoms with van der Waals surface area (Å²) in [4.78, 5) is 30.8. The quantitative estimate of drug-likeness (QED) is 0.730. The van der Waals surface area contributed by atoms with Crippen LogP contribution in [-0.2, 0) is 9.63 Å². The predicted octanol–water partition coefficient (Wildman–Crippen LogP) is 0.414. The van der Waals surface area contributed by atoms with E-state index >= 15 is 0 Å². The summed E-state index contributed by atoms with van der Waals surface area (Å²) in [7, 11) is 0. The maximum absolute atomic E-state index is 12.2. The van der Waals surface area contributed by atoms with Crippen LogP contribution >= 0.6 is 0 Å². The Morgan fingerprint density at radius 3 is 2.89 bits per heavy atom. The highest BCUT2D eigenvalue weighted by molar-refractivity contribution is 5.91. The van der Waals surface area contributed by atoms with Crippen LogP contribution in [-0.4, -0.2) is 47.1 Å². The van der Waals surface area contributed by atoms with Gasteiger partial charge in [-0.25, -0.2) is 4.79 Å². The molecule has 2 bridgehead atoms. The number of hydrogen-bond donors (Lipinski definition) is 1. The molecule has 0 aromatic carbocycles. The van der Waals surface area contributed by atoms with Gasteiger partial charge in [-0.2, -0.15) is 5.06 Å². The van der Waals surface area contributed by atoms with E-state index in [4.69, 9.17) is 10.6 Å². The summed E-state index contributed by atoms with van der Waals surface area (Å²) in [5.41, 5.74) is 6.45. The highest BCUT2D eigenvalue weighted by Crippen LogP contribution is 2.43. The second-order valence-electron chi connectivity index (χ2n) is 5.16. The SMILES string of the molecule is C=CCON1C(=O)N2CC1C=C(C1CC1)C2C(N)=O. The van der Waals surface area contributed by atoms with E-state index in [2.05, 4.69) is 6.58 Å². The number of hydrogen-bond acceptors (Lipinski definition) is 3. The van der Waals surface area contributed by atoms with Crippen molar-refractivity contribution < 1.29 is 14.4 Å². The highest BCUT2D eigenvalue weighted by atomic mass is 16.7. The van der Waals surface area contributed by atoms with Crippen LogP contribution in [0.25, 0.3) is 0 Å². The number of nitrogens with two attached hydrogens (primary N) is 1. The predicted molar refractivity (Wildman–Crippen MR) is 67.7 cm³/mol. The van der Waals surface area contributed by atoms with Gasteiger partial charge in [-0.15, -0.1) is 6.58 Å². The largest absolute Gasteiger partial charge is 0.368 e. The Morgan fingerprint density at radius 1 is 1.58 bits per heavy atom. The zero-order chi connectivity index (χ0) is 13.6. The summed E-state index contributed by atoms with van der Waals surface area (Å²) in [6.07, 6.45) is 5.70. The van der Waals surface area contributed by atoms with E-state index in [9.17, 15) is 9.59 Å². The summed E-state index contributed by atoms with van der Waals surface area (Å²) in [6.45, 7) is 4.29. The molecule has 0 radical (unpaired) electrons. The van der Waals surface area contributed by atoms with Gasteiger partial charge in [0.05, 0.1) is 19.2 Å². The molecule has 2 heterocycles. The number of carbonyl (C=O) groups is 2. The fourth-order valence-electron chi connectivity index (χ4n) is 2.83. The molecule has 1 saturated carbocycles. The summed E-state index contributed by atoms with van der Waals surface area (Å²) >= 11 is 0. The molecule has 2 fully saturated rings. The number of amides is 3. The van der Waals surface area contributed by atoms with Crippen LogP contribution < -0.4 is 5.73 Å². The molecular weight excluding hydrogens is 246 g/mol. The second kappa shape index (κ2) is 4.38. The molecule has 19 heavy (non-hydrogen) atoms. The van der Waals surface area contributed by atoms with Gasteiger partial charge in [0.2, 0.25) is 5.91 Å². The van der Waals surface area contributed by atoms with E-state index in [1.165, 1.54) is 9.96 Å². The third-order valence-electron chi connectivity index (χ3n) is 3.78. The molecule has 3 rings (SSSR count). The van der Waals surface area contributed by atoms with Crippen LogP contribution in [0.4, 0.5) is 4.79 Å². The van der Waals surface area contributed by atoms with Crippen molar-refractivity contribution in [2.45, 2.75) is 24.9 Å². The highest BCUT2D eigenvalue weighted by Gasteiger charge is 2.50. The number of rotatable bonds is 5. The topological polar surface area (TPSA) is 75.9 Å². The Labute approximate surface area is 111 Å². The molecule has 1 aliphatic carbocycles. The van der Waals surface area contributed by atoms with E-state index in [0.29, 0.717) is 12.5 Å². The Morgan fingerprint density at radius 2 is 2.32 bits per heavy atom. The van der Waals surface area contributed by atoms with Crippen LogP contribution in [0.1, 0.15) is 12.8 Å². The monoisotopic (exact) mass is 263 g/mol. The molecule has 1 saturated heterocycles. The zero-order valence-electron chi connectivity index (χ0n) is 10.6. The number of fused-ring (bicyclic) bond motifs is 2. The van der Waals surface area contributed by atoms with Crippen molar-refractivity contribution in [1.82, 2.24) is 9.96 Å². The maximum Gasteiger partial charge on any atom is 0.345 e. The van der Waals surface area contributed by atoms with Crippen molar-refractivity contribution in [3.63, 3.8) is 0 Å². The third kappa shape index (κ3) is 1.92. The fourth-order valence-corrected chi connectivity index (χ4v) is 2.83. The lowest BCUT2D eigenvalue weighted by Gasteiger charge is -2.29. The second-order valence-corrected chi connectivity index (χ2v) is 5.16. The Hall–Kier alpha value is -1.82. The number of nitrogens with zero attached hydrogens (tertiary/aromatic N) is 2. The lowest BCUT2D eigenvalue weighted by Crippen LogP contribution is -2.49. The normalized spacial score (nSPS) is 29.5. The number of primary amides is 1. The van der Waals surface area contributed by atoms with Crippen molar-refractivity contribution in [3.8, 4) is 0 Å². The van der Waals surface area contributed by atoms with E-state index in [1.54, 1.807) is 6.08 Å². The standard InChI is InChI=1S/C13H17N3O3/c1-2-5-19-16-9-6-10(8-3-4-8)11(12(14)17)15(7-9)13(16)18/h2,6,8-9,11H,1,3-5,7H2,(H2,14,17). The summed E-state index contributed by atoms with van der Waals surface area (Å²) in [5.74, 6) is -0.0644. The Bertz CT molecular complexity index is 470. The minimum absolute atomic E-state index is 0.126. The molecule has 0 aromatic heterocycles. The number of carbonyl (C=O) groups excluding carboxylic acids is 2. The van der Waals surface area contributed by atoms with Crippen molar-refractivity contribution in [1.29, 1.82) is 0 Å². The minimum atomic E-state index is -0.603. The van der Waals surface area contributed by atoms with Gasteiger partial charge < -0.3 is 10.6 Å². The van der Waals surface area contributed by atoms with Gasteiger partial charge in [0.15, 0.2) is 0 Å². The van der Waals surface area contributed by atoms with Gasteiger partial charge >= 0.3 is 6.03 Å². The summed E-state index contributed by atoms with van der Waals surface area (Å²) in [5, 5.41) is 1.33. The lowest BCUT2D eigenvalue weighted by atomic mass is 9.95. The van der Waals surface area contributed by atoms with Crippen molar-refractivity contribution in [2.75, 3.05) is 13.2 Å². The summed E-state index contributed by atoms with van der Waals surface area (Å²) in [6, 6.07) is -1.02. The first-order chi connectivity index (χ1) is 9.13. The van der Waals surface area contributed by atoms with Gasteiger partial charge in [-0.05, 0) is 24.3 Å². The van der Waals surface area contributed by atoms with E-state index in [1.807, 2.05) is 6.08 Å². The minimum Gasteiger partial charge on any atom is -0.368 e. The van der Waals surface area contributed by atoms with Crippen molar-refractivity contribution in [2.24, 2.45) is 11.7 Å². The number of hydroxylamine groups is 2. The smallest absolute Gasteiger partial charge is 0.345 e. The first kappa shape index (κ1) is 12.2. The molecule has 6 nitrogen and oxygen atoms in total. The van der Waals surface area contributed by atoms with Crippen LogP contribution in [0.3, 0.4) is 0 Å². The average molecular weight is 263 g/mol. The van der Waals surface area contributed by atoms with E-state index in [0.717, 1.165) is 18.4 Å². The average Bonchev–Trinajstić information content (AvgIpc) is 3.18. The van der Waals surface area contributed by atoms with Crippen LogP contribution in [0, 0.1) is 5.92 Å². The molecule has 2 N–H and O–H groups in total. The van der Waals surface area contributed by atoms with Crippen LogP contribution in [0.15, 0.2) is 24.3 Å². The van der Waals surface area contributed by atoms with E-state index in [-0.39, 0.29) is 18.7 Å². The van der Waals surface area contributed by atoms with Gasteiger partial charge in [0.1, 0.15) is 6.04 Å². The molecule has 0 aromatic rings. The third-order valence-corrected chi connectivity index (χ3v) is 3.78. The fraction of sp³-hybridized carbons (Fsp3) is 0.538. The molecular formula is C13H17N3O3. The maximum atomic E-state index is 12.2.